The molecule has 1 heterocycles. The number of nitrogens with one attached hydrogen (secondary N) is 1. The Kier molecular flexibility index (Phi) is 3.14. The van der Waals surface area contributed by atoms with E-state index in [9.17, 15) is 0 Å². The predicted molar refractivity (Wildman–Crippen MR) is 65.9 cm³/mol. The molecular weight excluding hydrogens is 222 g/mol. The first-order chi connectivity index (χ1) is 7.65. The Bertz CT molecular complexity index is 476. The van der Waals surface area contributed by atoms with Crippen LogP contribution in [0.25, 0.3) is 11.1 Å². The Balaban J connectivity index is 2.12. The van der Waals surface area contributed by atoms with Gasteiger partial charge in [0.15, 0.2) is 5.58 Å². The van der Waals surface area contributed by atoms with Gasteiger partial charge >= 0.3 is 0 Å². The lowest BCUT2D eigenvalue weighted by Gasteiger charge is -2.05. The van der Waals surface area contributed by atoms with Crippen molar-refractivity contribution in [1.82, 2.24) is 4.98 Å². The van der Waals surface area contributed by atoms with Gasteiger partial charge in [-0.3, -0.25) is 5.41 Å². The van der Waals surface area contributed by atoms with E-state index in [1.807, 2.05) is 31.2 Å². The zero-order chi connectivity index (χ0) is 11.5. The van der Waals surface area contributed by atoms with Crippen molar-refractivity contribution in [2.45, 2.75) is 23.8 Å². The van der Waals surface area contributed by atoms with Crippen LogP contribution < -0.4 is 5.73 Å². The average Bonchev–Trinajstić information content (AvgIpc) is 2.57. The Labute approximate surface area is 97.7 Å². The van der Waals surface area contributed by atoms with E-state index in [0.29, 0.717) is 11.6 Å². The number of benzene rings is 1. The molecule has 0 bridgehead atoms. The van der Waals surface area contributed by atoms with Gasteiger partial charge in [-0.25, -0.2) is 4.98 Å². The zero-order valence-electron chi connectivity index (χ0n) is 8.93. The fourth-order valence-electron chi connectivity index (χ4n) is 1.42. The fourth-order valence-corrected chi connectivity index (χ4v) is 2.32. The van der Waals surface area contributed by atoms with E-state index in [2.05, 4.69) is 4.98 Å². The number of oxazole rings is 1. The predicted octanol–water partition coefficient (Wildman–Crippen LogP) is 2.63. The van der Waals surface area contributed by atoms with Gasteiger partial charge < -0.3 is 10.2 Å². The zero-order valence-corrected chi connectivity index (χ0v) is 9.75. The third kappa shape index (κ3) is 2.55. The molecule has 2 aromatic rings. The molecule has 0 saturated carbocycles. The number of para-hydroxylation sites is 2. The molecule has 0 spiro atoms. The van der Waals surface area contributed by atoms with Crippen LogP contribution >= 0.6 is 11.8 Å². The topological polar surface area (TPSA) is 75.9 Å². The van der Waals surface area contributed by atoms with Crippen molar-refractivity contribution in [3.63, 3.8) is 0 Å². The van der Waals surface area contributed by atoms with Crippen LogP contribution in [0.15, 0.2) is 33.9 Å². The van der Waals surface area contributed by atoms with Crippen molar-refractivity contribution >= 4 is 28.7 Å². The molecule has 0 aliphatic rings. The SMILES string of the molecule is CC(CC(=N)N)Sc1nc2ccccc2o1. The van der Waals surface area contributed by atoms with Gasteiger partial charge in [0, 0.05) is 11.7 Å². The van der Waals surface area contributed by atoms with E-state index >= 15 is 0 Å². The van der Waals surface area contributed by atoms with Crippen molar-refractivity contribution in [2.24, 2.45) is 5.73 Å². The van der Waals surface area contributed by atoms with E-state index in [-0.39, 0.29) is 11.1 Å². The summed E-state index contributed by atoms with van der Waals surface area (Å²) in [4.78, 5) is 4.34. The average molecular weight is 235 g/mol. The molecule has 0 saturated heterocycles. The van der Waals surface area contributed by atoms with Gasteiger partial charge in [-0.1, -0.05) is 30.8 Å². The van der Waals surface area contributed by atoms with E-state index in [1.165, 1.54) is 11.8 Å². The van der Waals surface area contributed by atoms with Crippen LogP contribution in [-0.4, -0.2) is 16.1 Å². The van der Waals surface area contributed by atoms with Crippen molar-refractivity contribution in [3.8, 4) is 0 Å². The van der Waals surface area contributed by atoms with Gasteiger partial charge in [-0.05, 0) is 12.1 Å². The highest BCUT2D eigenvalue weighted by Gasteiger charge is 2.11. The Morgan fingerprint density at radius 3 is 3.00 bits per heavy atom. The third-order valence-corrected chi connectivity index (χ3v) is 3.03. The summed E-state index contributed by atoms with van der Waals surface area (Å²) in [6.45, 7) is 2.00. The number of aromatic nitrogens is 1. The summed E-state index contributed by atoms with van der Waals surface area (Å²) in [6, 6.07) is 7.65. The number of amidine groups is 1. The van der Waals surface area contributed by atoms with Gasteiger partial charge in [0.05, 0.1) is 5.84 Å². The van der Waals surface area contributed by atoms with E-state index in [1.54, 1.807) is 0 Å². The van der Waals surface area contributed by atoms with Crippen molar-refractivity contribution in [1.29, 1.82) is 5.41 Å². The molecule has 16 heavy (non-hydrogen) atoms. The van der Waals surface area contributed by atoms with Crippen LogP contribution in [0.1, 0.15) is 13.3 Å². The summed E-state index contributed by atoms with van der Waals surface area (Å²) < 4.78 is 5.56. The second kappa shape index (κ2) is 4.57. The molecule has 0 radical (unpaired) electrons. The number of fused-ring (bicyclic) bond motifs is 1. The Hall–Kier alpha value is -1.49. The summed E-state index contributed by atoms with van der Waals surface area (Å²) in [5.41, 5.74) is 6.99. The number of nitrogens with two attached hydrogens (primary N) is 1. The van der Waals surface area contributed by atoms with Crippen molar-refractivity contribution in [3.05, 3.63) is 24.3 Å². The molecule has 2 rings (SSSR count). The number of hydrogen-bond acceptors (Lipinski definition) is 4. The molecular formula is C11H13N3OS. The lowest BCUT2D eigenvalue weighted by molar-refractivity contribution is 0.488. The third-order valence-electron chi connectivity index (χ3n) is 2.08. The standard InChI is InChI=1S/C11H13N3OS/c1-7(6-10(12)13)16-11-14-8-4-2-3-5-9(8)15-11/h2-5,7H,6H2,1H3,(H3,12,13). The lowest BCUT2D eigenvalue weighted by atomic mass is 10.3. The molecule has 1 aromatic carbocycles. The van der Waals surface area contributed by atoms with Crippen LogP contribution in [0.5, 0.6) is 0 Å². The smallest absolute Gasteiger partial charge is 0.257 e. The monoisotopic (exact) mass is 235 g/mol. The first-order valence-corrected chi connectivity index (χ1v) is 5.88. The number of thioether (sulfide) groups is 1. The minimum atomic E-state index is 0.191. The Morgan fingerprint density at radius 1 is 1.56 bits per heavy atom. The van der Waals surface area contributed by atoms with Crippen LogP contribution in [0.2, 0.25) is 0 Å². The molecule has 1 aromatic heterocycles. The fraction of sp³-hybridized carbons (Fsp3) is 0.273. The second-order valence-electron chi connectivity index (χ2n) is 3.61. The summed E-state index contributed by atoms with van der Waals surface area (Å²) in [7, 11) is 0. The summed E-state index contributed by atoms with van der Waals surface area (Å²) >= 11 is 1.50. The van der Waals surface area contributed by atoms with Gasteiger partial charge in [0.2, 0.25) is 0 Å². The number of nitrogens with zero attached hydrogens (tertiary/aromatic N) is 1. The van der Waals surface area contributed by atoms with Gasteiger partial charge in [0.1, 0.15) is 5.52 Å². The maximum Gasteiger partial charge on any atom is 0.257 e. The molecule has 1 atom stereocenters. The Morgan fingerprint density at radius 2 is 2.31 bits per heavy atom. The molecule has 84 valence electrons. The summed E-state index contributed by atoms with van der Waals surface area (Å²) in [5, 5.41) is 8.05. The molecule has 0 fully saturated rings. The highest BCUT2D eigenvalue weighted by atomic mass is 32.2. The van der Waals surface area contributed by atoms with Crippen molar-refractivity contribution in [2.75, 3.05) is 0 Å². The number of rotatable bonds is 4. The van der Waals surface area contributed by atoms with Crippen LogP contribution in [0.4, 0.5) is 0 Å². The van der Waals surface area contributed by atoms with Crippen LogP contribution in [0, 0.1) is 5.41 Å². The largest absolute Gasteiger partial charge is 0.431 e. The maximum atomic E-state index is 7.21. The van der Waals surface area contributed by atoms with Crippen LogP contribution in [0.3, 0.4) is 0 Å². The van der Waals surface area contributed by atoms with Crippen LogP contribution in [-0.2, 0) is 0 Å². The maximum absolute atomic E-state index is 7.21. The summed E-state index contributed by atoms with van der Waals surface area (Å²) in [5.74, 6) is 0.191. The van der Waals surface area contributed by atoms with Gasteiger partial charge in [-0.15, -0.1) is 0 Å². The quantitative estimate of drug-likeness (QED) is 0.485. The van der Waals surface area contributed by atoms with Gasteiger partial charge in [0.25, 0.3) is 5.22 Å². The first kappa shape index (κ1) is 11.0. The van der Waals surface area contributed by atoms with Gasteiger partial charge in [-0.2, -0.15) is 0 Å². The number of hydrogen-bond donors (Lipinski definition) is 2. The second-order valence-corrected chi connectivity index (χ2v) is 5.00. The minimum absolute atomic E-state index is 0.191. The van der Waals surface area contributed by atoms with E-state index in [4.69, 9.17) is 15.6 Å². The minimum Gasteiger partial charge on any atom is -0.431 e. The van der Waals surface area contributed by atoms with E-state index < -0.39 is 0 Å². The molecule has 1 unspecified atom stereocenters. The normalized spacial score (nSPS) is 12.8. The molecule has 3 N–H and O–H groups in total. The molecule has 0 aliphatic carbocycles. The molecule has 0 amide bonds. The molecule has 5 heteroatoms. The van der Waals surface area contributed by atoms with Crippen molar-refractivity contribution < 1.29 is 4.42 Å². The highest BCUT2D eigenvalue weighted by molar-refractivity contribution is 7.99. The lowest BCUT2D eigenvalue weighted by Crippen LogP contribution is -2.14. The summed E-state index contributed by atoms with van der Waals surface area (Å²) in [6.07, 6.45) is 0.545. The van der Waals surface area contributed by atoms with E-state index in [0.717, 1.165) is 11.1 Å². The molecule has 4 nitrogen and oxygen atoms in total. The molecule has 0 aliphatic heterocycles. The highest BCUT2D eigenvalue weighted by Crippen LogP contribution is 2.27. The first-order valence-electron chi connectivity index (χ1n) is 5.00.